The third-order valence-electron chi connectivity index (χ3n) is 2.77. The van der Waals surface area contributed by atoms with Gasteiger partial charge in [-0.3, -0.25) is 0 Å². The Balaban J connectivity index is 2.77. The molecule has 0 spiro atoms. The quantitative estimate of drug-likeness (QED) is 0.905. The van der Waals surface area contributed by atoms with Crippen LogP contribution in [0.2, 0.25) is 5.02 Å². The van der Waals surface area contributed by atoms with E-state index in [-0.39, 0.29) is 11.3 Å². The average Bonchev–Trinajstić information content (AvgIpc) is 2.42. The molecule has 108 valence electrons. The molecule has 0 radical (unpaired) electrons. The topological polar surface area (TPSA) is 76.2 Å². The number of carboxylic acid groups (broad SMARTS) is 1. The van der Waals surface area contributed by atoms with Crippen molar-refractivity contribution in [3.63, 3.8) is 0 Å². The van der Waals surface area contributed by atoms with Crippen LogP contribution >= 0.6 is 11.6 Å². The number of anilines is 1. The van der Waals surface area contributed by atoms with Gasteiger partial charge >= 0.3 is 5.97 Å². The number of halogens is 3. The Kier molecular flexibility index (Phi) is 3.90. The summed E-state index contributed by atoms with van der Waals surface area (Å²) in [4.78, 5) is 14.8. The molecule has 0 unspecified atom stereocenters. The average molecular weight is 311 g/mol. The van der Waals surface area contributed by atoms with Crippen molar-refractivity contribution in [1.82, 2.24) is 4.98 Å². The van der Waals surface area contributed by atoms with Gasteiger partial charge < -0.3 is 10.8 Å². The highest BCUT2D eigenvalue weighted by Crippen LogP contribution is 2.33. The van der Waals surface area contributed by atoms with Crippen LogP contribution in [0, 0.1) is 5.82 Å². The zero-order valence-electron chi connectivity index (χ0n) is 10.5. The van der Waals surface area contributed by atoms with E-state index in [1.807, 2.05) is 0 Å². The molecule has 0 aliphatic heterocycles. The lowest BCUT2D eigenvalue weighted by atomic mass is 10.0. The molecule has 0 aliphatic rings. The number of nitrogens with zero attached hydrogens (tertiary/aromatic N) is 1. The monoisotopic (exact) mass is 310 g/mol. The first-order valence-electron chi connectivity index (χ1n) is 5.66. The van der Waals surface area contributed by atoms with E-state index in [2.05, 4.69) is 11.6 Å². The third kappa shape index (κ3) is 2.71. The molecule has 7 heteroatoms. The van der Waals surface area contributed by atoms with E-state index in [9.17, 15) is 13.6 Å². The number of carbonyl (C=O) groups is 1. The second-order valence-corrected chi connectivity index (χ2v) is 4.57. The molecule has 1 aromatic carbocycles. The number of hydrogen-bond donors (Lipinski definition) is 2. The zero-order chi connectivity index (χ0) is 15.7. The van der Waals surface area contributed by atoms with Crippen LogP contribution in [-0.2, 0) is 0 Å². The second-order valence-electron chi connectivity index (χ2n) is 4.13. The number of aromatic carboxylic acids is 1. The summed E-state index contributed by atoms with van der Waals surface area (Å²) in [7, 11) is 0. The molecule has 0 atom stereocenters. The Morgan fingerprint density at radius 1 is 1.33 bits per heavy atom. The molecule has 1 aromatic heterocycles. The molecule has 0 saturated carbocycles. The number of carboxylic acids is 1. The van der Waals surface area contributed by atoms with Crippen LogP contribution in [-0.4, -0.2) is 16.1 Å². The van der Waals surface area contributed by atoms with Gasteiger partial charge in [0.25, 0.3) is 0 Å². The predicted octanol–water partition coefficient (Wildman–Crippen LogP) is 3.76. The Hall–Kier alpha value is -2.47. The van der Waals surface area contributed by atoms with Crippen LogP contribution in [0.25, 0.3) is 17.1 Å². The van der Waals surface area contributed by atoms with E-state index in [4.69, 9.17) is 22.4 Å². The van der Waals surface area contributed by atoms with E-state index in [1.54, 1.807) is 0 Å². The van der Waals surface area contributed by atoms with Crippen molar-refractivity contribution in [1.29, 1.82) is 0 Å². The Morgan fingerprint density at radius 3 is 2.38 bits per heavy atom. The van der Waals surface area contributed by atoms with Gasteiger partial charge in [-0.1, -0.05) is 30.3 Å². The van der Waals surface area contributed by atoms with Gasteiger partial charge in [0, 0.05) is 10.6 Å². The number of aromatic nitrogens is 1. The fourth-order valence-corrected chi connectivity index (χ4v) is 1.94. The molecule has 21 heavy (non-hydrogen) atoms. The fourth-order valence-electron chi connectivity index (χ4n) is 1.81. The minimum Gasteiger partial charge on any atom is -0.476 e. The SMILES string of the molecule is C=C(F)c1c(C(=O)O)nc(-c2ccc(Cl)cc2)c(F)c1N. The number of nitrogens with two attached hydrogens (primary N) is 1. The highest BCUT2D eigenvalue weighted by Gasteiger charge is 2.24. The van der Waals surface area contributed by atoms with Crippen molar-refractivity contribution in [2.24, 2.45) is 0 Å². The van der Waals surface area contributed by atoms with Crippen LogP contribution in [0.3, 0.4) is 0 Å². The number of nitrogen functional groups attached to an aromatic ring is 1. The van der Waals surface area contributed by atoms with Crippen LogP contribution in [0.5, 0.6) is 0 Å². The lowest BCUT2D eigenvalue weighted by molar-refractivity contribution is 0.0690. The van der Waals surface area contributed by atoms with Crippen molar-refractivity contribution in [3.8, 4) is 11.3 Å². The van der Waals surface area contributed by atoms with Gasteiger partial charge in [-0.05, 0) is 12.1 Å². The minimum absolute atomic E-state index is 0.266. The van der Waals surface area contributed by atoms with Crippen LogP contribution in [0.1, 0.15) is 16.1 Å². The molecule has 4 nitrogen and oxygen atoms in total. The van der Waals surface area contributed by atoms with E-state index in [0.29, 0.717) is 5.02 Å². The number of hydrogen-bond acceptors (Lipinski definition) is 3. The lowest BCUT2D eigenvalue weighted by Gasteiger charge is -2.12. The summed E-state index contributed by atoms with van der Waals surface area (Å²) in [5, 5.41) is 9.49. The van der Waals surface area contributed by atoms with Gasteiger partial charge in [0.1, 0.15) is 11.5 Å². The molecule has 2 rings (SSSR count). The van der Waals surface area contributed by atoms with Crippen molar-refractivity contribution < 1.29 is 18.7 Å². The number of pyridine rings is 1. The molecule has 2 aromatic rings. The van der Waals surface area contributed by atoms with Gasteiger partial charge in [-0.25, -0.2) is 18.6 Å². The summed E-state index contributed by atoms with van der Waals surface area (Å²) >= 11 is 5.72. The molecular formula is C14H9ClF2N2O2. The third-order valence-corrected chi connectivity index (χ3v) is 3.02. The Morgan fingerprint density at radius 2 is 1.90 bits per heavy atom. The minimum atomic E-state index is -1.54. The summed E-state index contributed by atoms with van der Waals surface area (Å²) in [6.45, 7) is 2.95. The molecule has 1 heterocycles. The van der Waals surface area contributed by atoms with Crippen LogP contribution in [0.4, 0.5) is 14.5 Å². The second kappa shape index (κ2) is 5.49. The van der Waals surface area contributed by atoms with Crippen molar-refractivity contribution >= 4 is 29.1 Å². The normalized spacial score (nSPS) is 10.4. The molecule has 0 bridgehead atoms. The van der Waals surface area contributed by atoms with Gasteiger partial charge in [-0.2, -0.15) is 0 Å². The maximum absolute atomic E-state index is 14.2. The molecule has 0 aliphatic carbocycles. The summed E-state index contributed by atoms with van der Waals surface area (Å²) in [5.74, 6) is -3.72. The molecule has 0 fully saturated rings. The lowest BCUT2D eigenvalue weighted by Crippen LogP contribution is -2.11. The van der Waals surface area contributed by atoms with Crippen molar-refractivity contribution in [2.75, 3.05) is 5.73 Å². The Labute approximate surface area is 123 Å². The highest BCUT2D eigenvalue weighted by molar-refractivity contribution is 6.30. The first kappa shape index (κ1) is 14.9. The molecule has 3 N–H and O–H groups in total. The van der Waals surface area contributed by atoms with Gasteiger partial charge in [0.2, 0.25) is 0 Å². The van der Waals surface area contributed by atoms with Gasteiger partial charge in [0.15, 0.2) is 11.5 Å². The predicted molar refractivity (Wildman–Crippen MR) is 76.2 cm³/mol. The number of benzene rings is 1. The van der Waals surface area contributed by atoms with E-state index < -0.39 is 34.6 Å². The van der Waals surface area contributed by atoms with Gasteiger partial charge in [0.05, 0.1) is 11.3 Å². The summed E-state index contributed by atoms with van der Waals surface area (Å²) < 4.78 is 27.6. The smallest absolute Gasteiger partial charge is 0.355 e. The number of rotatable bonds is 3. The highest BCUT2D eigenvalue weighted by atomic mass is 35.5. The molecule has 0 amide bonds. The largest absolute Gasteiger partial charge is 0.476 e. The summed E-state index contributed by atoms with van der Waals surface area (Å²) in [5.41, 5.74) is 3.44. The maximum Gasteiger partial charge on any atom is 0.355 e. The summed E-state index contributed by atoms with van der Waals surface area (Å²) in [6, 6.07) is 5.86. The fraction of sp³-hybridized carbons (Fsp3) is 0. The van der Waals surface area contributed by atoms with Crippen molar-refractivity contribution in [2.45, 2.75) is 0 Å². The summed E-state index contributed by atoms with van der Waals surface area (Å²) in [6.07, 6.45) is 0. The van der Waals surface area contributed by atoms with E-state index >= 15 is 0 Å². The van der Waals surface area contributed by atoms with Crippen molar-refractivity contribution in [3.05, 3.63) is 52.9 Å². The van der Waals surface area contributed by atoms with Gasteiger partial charge in [-0.15, -0.1) is 0 Å². The first-order chi connectivity index (χ1) is 9.82. The standard InChI is InChI=1S/C14H9ClF2N2O2/c1-6(16)9-11(18)10(17)12(19-13(9)14(20)21)7-2-4-8(15)5-3-7/h2-5H,1H2,(H2,18,19)(H,20,21). The van der Waals surface area contributed by atoms with Crippen LogP contribution < -0.4 is 5.73 Å². The Bertz CT molecular complexity index is 746. The zero-order valence-corrected chi connectivity index (χ0v) is 11.3. The maximum atomic E-state index is 14.2. The first-order valence-corrected chi connectivity index (χ1v) is 6.03. The van der Waals surface area contributed by atoms with E-state index in [1.165, 1.54) is 24.3 Å². The molecule has 0 saturated heterocycles. The van der Waals surface area contributed by atoms with E-state index in [0.717, 1.165) is 0 Å². The molecular weight excluding hydrogens is 302 g/mol. The van der Waals surface area contributed by atoms with Crippen LogP contribution in [0.15, 0.2) is 30.8 Å².